The second-order valence-electron chi connectivity index (χ2n) is 5.14. The van der Waals surface area contributed by atoms with Crippen molar-refractivity contribution in [3.05, 3.63) is 50.3 Å². The molecule has 0 radical (unpaired) electrons. The summed E-state index contributed by atoms with van der Waals surface area (Å²) in [6.45, 7) is 0. The van der Waals surface area contributed by atoms with Gasteiger partial charge in [0.25, 0.3) is 0 Å². The third-order valence-corrected chi connectivity index (χ3v) is 4.99. The molecule has 0 saturated carbocycles. The second kappa shape index (κ2) is 5.21. The highest BCUT2D eigenvalue weighted by Gasteiger charge is 2.21. The first-order chi connectivity index (χ1) is 11.1. The number of para-hydroxylation sites is 1. The lowest BCUT2D eigenvalue weighted by Crippen LogP contribution is -1.77. The van der Waals surface area contributed by atoms with Crippen LogP contribution in [-0.4, -0.2) is 15.1 Å². The van der Waals surface area contributed by atoms with Crippen LogP contribution in [0.25, 0.3) is 33.1 Å². The Kier molecular flexibility index (Phi) is 3.28. The third kappa shape index (κ3) is 2.11. The molecule has 0 saturated heterocycles. The monoisotopic (exact) mass is 433 g/mol. The summed E-state index contributed by atoms with van der Waals surface area (Å²) in [6.07, 6.45) is 0. The predicted octanol–water partition coefficient (Wildman–Crippen LogP) is 5.94. The number of nitrogens with zero attached hydrogens (tertiary/aromatic N) is 1. The highest BCUT2D eigenvalue weighted by atomic mass is 79.9. The summed E-state index contributed by atoms with van der Waals surface area (Å²) < 4.78 is 1.72. The molecule has 0 unspecified atom stereocenters. The van der Waals surface area contributed by atoms with Crippen molar-refractivity contribution in [2.75, 3.05) is 0 Å². The summed E-state index contributed by atoms with van der Waals surface area (Å²) >= 11 is 6.87. The van der Waals surface area contributed by atoms with Crippen LogP contribution in [0.4, 0.5) is 5.69 Å². The minimum atomic E-state index is -0.00863. The third-order valence-electron chi connectivity index (χ3n) is 3.84. The van der Waals surface area contributed by atoms with E-state index in [1.54, 1.807) is 0 Å². The van der Waals surface area contributed by atoms with E-state index in [-0.39, 0.29) is 11.6 Å². The number of fused-ring (bicyclic) bond motifs is 2. The molecule has 2 aromatic carbocycles. The van der Waals surface area contributed by atoms with Crippen molar-refractivity contribution in [1.82, 2.24) is 9.97 Å². The van der Waals surface area contributed by atoms with Crippen LogP contribution in [0, 0.1) is 4.91 Å². The lowest BCUT2D eigenvalue weighted by atomic mass is 10.1. The van der Waals surface area contributed by atoms with Crippen molar-refractivity contribution in [2.45, 2.75) is 0 Å². The number of hydrogen-bond donors (Lipinski definition) is 3. The molecule has 0 atom stereocenters. The molecular weight excluding hydrogens is 426 g/mol. The number of hydrogen-bond acceptors (Lipinski definition) is 3. The van der Waals surface area contributed by atoms with Gasteiger partial charge in [0.15, 0.2) is 5.88 Å². The van der Waals surface area contributed by atoms with E-state index >= 15 is 0 Å². The SMILES string of the molecule is O=Nc1c(-c2c(O)[nH]c3cc(Br)ccc23)[nH]c2c(Br)cccc12. The van der Waals surface area contributed by atoms with Crippen molar-refractivity contribution in [3.63, 3.8) is 0 Å². The van der Waals surface area contributed by atoms with Crippen molar-refractivity contribution in [1.29, 1.82) is 0 Å². The molecule has 0 bridgehead atoms. The molecule has 4 aromatic rings. The summed E-state index contributed by atoms with van der Waals surface area (Å²) in [7, 11) is 0. The zero-order valence-electron chi connectivity index (χ0n) is 11.5. The van der Waals surface area contributed by atoms with Gasteiger partial charge in [-0.25, -0.2) is 0 Å². The Morgan fingerprint density at radius 3 is 2.65 bits per heavy atom. The van der Waals surface area contributed by atoms with Gasteiger partial charge in [0.2, 0.25) is 0 Å². The van der Waals surface area contributed by atoms with Crippen molar-refractivity contribution >= 4 is 59.4 Å². The lowest BCUT2D eigenvalue weighted by Gasteiger charge is -1.99. The lowest BCUT2D eigenvalue weighted by molar-refractivity contribution is 0.460. The van der Waals surface area contributed by atoms with Gasteiger partial charge in [-0.3, -0.25) is 0 Å². The minimum absolute atomic E-state index is 0.00863. The quantitative estimate of drug-likeness (QED) is 0.341. The Hall–Kier alpha value is -2.12. The van der Waals surface area contributed by atoms with Gasteiger partial charge in [-0.15, -0.1) is 4.91 Å². The Bertz CT molecular complexity index is 1080. The van der Waals surface area contributed by atoms with E-state index in [4.69, 9.17) is 0 Å². The molecule has 23 heavy (non-hydrogen) atoms. The number of halogens is 2. The largest absolute Gasteiger partial charge is 0.494 e. The Morgan fingerprint density at radius 1 is 1.04 bits per heavy atom. The number of aromatic nitrogens is 2. The molecule has 0 aliphatic carbocycles. The smallest absolute Gasteiger partial charge is 0.199 e. The minimum Gasteiger partial charge on any atom is -0.494 e. The van der Waals surface area contributed by atoms with Crippen molar-refractivity contribution in [2.24, 2.45) is 5.18 Å². The zero-order valence-corrected chi connectivity index (χ0v) is 14.7. The van der Waals surface area contributed by atoms with Gasteiger partial charge in [-0.1, -0.05) is 34.1 Å². The first kappa shape index (κ1) is 14.5. The van der Waals surface area contributed by atoms with Gasteiger partial charge in [0, 0.05) is 19.7 Å². The maximum absolute atomic E-state index is 11.4. The molecule has 0 aliphatic heterocycles. The molecule has 114 valence electrons. The number of nitrogens with one attached hydrogen (secondary N) is 2. The Labute approximate surface area is 146 Å². The zero-order chi connectivity index (χ0) is 16.1. The summed E-state index contributed by atoms with van der Waals surface area (Å²) in [4.78, 5) is 17.6. The fourth-order valence-electron chi connectivity index (χ4n) is 2.85. The van der Waals surface area contributed by atoms with Gasteiger partial charge in [0.05, 0.1) is 22.3 Å². The normalized spacial score (nSPS) is 11.4. The van der Waals surface area contributed by atoms with Crippen LogP contribution in [0.15, 0.2) is 50.5 Å². The van der Waals surface area contributed by atoms with Gasteiger partial charge in [-0.05, 0) is 39.3 Å². The van der Waals surface area contributed by atoms with E-state index in [2.05, 4.69) is 47.0 Å². The van der Waals surface area contributed by atoms with E-state index in [0.29, 0.717) is 16.6 Å². The predicted molar refractivity (Wildman–Crippen MR) is 98.1 cm³/mol. The van der Waals surface area contributed by atoms with Crippen LogP contribution >= 0.6 is 31.9 Å². The van der Waals surface area contributed by atoms with E-state index < -0.39 is 0 Å². The van der Waals surface area contributed by atoms with E-state index in [9.17, 15) is 10.0 Å². The number of aromatic amines is 2. The number of H-pyrrole nitrogens is 2. The maximum atomic E-state index is 11.4. The van der Waals surface area contributed by atoms with E-state index in [1.165, 1.54) is 0 Å². The van der Waals surface area contributed by atoms with Gasteiger partial charge >= 0.3 is 0 Å². The van der Waals surface area contributed by atoms with Crippen molar-refractivity contribution in [3.8, 4) is 17.1 Å². The number of rotatable bonds is 2. The molecule has 0 fully saturated rings. The van der Waals surface area contributed by atoms with Crippen LogP contribution < -0.4 is 0 Å². The van der Waals surface area contributed by atoms with Crippen LogP contribution in [0.1, 0.15) is 0 Å². The summed E-state index contributed by atoms with van der Waals surface area (Å²) in [6, 6.07) is 11.2. The summed E-state index contributed by atoms with van der Waals surface area (Å²) in [5.74, 6) is -0.00863. The number of nitroso groups, excluding NO2 is 1. The van der Waals surface area contributed by atoms with Crippen LogP contribution in [0.3, 0.4) is 0 Å². The molecule has 7 heteroatoms. The molecule has 0 spiro atoms. The van der Waals surface area contributed by atoms with E-state index in [1.807, 2.05) is 36.4 Å². The summed E-state index contributed by atoms with van der Waals surface area (Å²) in [5.41, 5.74) is 2.84. The molecule has 4 rings (SSSR count). The van der Waals surface area contributed by atoms with Crippen LogP contribution in [0.5, 0.6) is 5.88 Å². The molecule has 5 nitrogen and oxygen atoms in total. The topological polar surface area (TPSA) is 81.2 Å². The molecule has 3 N–H and O–H groups in total. The van der Waals surface area contributed by atoms with Crippen LogP contribution in [0.2, 0.25) is 0 Å². The first-order valence-electron chi connectivity index (χ1n) is 6.74. The van der Waals surface area contributed by atoms with Crippen molar-refractivity contribution < 1.29 is 5.11 Å². The number of benzene rings is 2. The second-order valence-corrected chi connectivity index (χ2v) is 6.91. The highest BCUT2D eigenvalue weighted by molar-refractivity contribution is 9.11. The standard InChI is InChI=1S/C16H9Br2N3O2/c17-7-4-5-8-11(6-7)19-16(22)12(8)15-14(21-23)9-2-1-3-10(18)13(9)20-15/h1-6,19-20,22H. The van der Waals surface area contributed by atoms with Crippen LogP contribution in [-0.2, 0) is 0 Å². The molecular formula is C16H9Br2N3O2. The molecule has 0 amide bonds. The summed E-state index contributed by atoms with van der Waals surface area (Å²) in [5, 5.41) is 15.0. The average molecular weight is 435 g/mol. The molecule has 2 heterocycles. The average Bonchev–Trinajstić information content (AvgIpc) is 3.03. The maximum Gasteiger partial charge on any atom is 0.199 e. The molecule has 0 aliphatic rings. The van der Waals surface area contributed by atoms with Gasteiger partial charge < -0.3 is 15.1 Å². The number of aromatic hydroxyl groups is 1. The van der Waals surface area contributed by atoms with Gasteiger partial charge in [-0.2, -0.15) is 0 Å². The van der Waals surface area contributed by atoms with E-state index in [0.717, 1.165) is 25.4 Å². The fourth-order valence-corrected chi connectivity index (χ4v) is 3.68. The highest BCUT2D eigenvalue weighted by Crippen LogP contribution is 2.45. The molecule has 2 aromatic heterocycles. The Morgan fingerprint density at radius 2 is 1.87 bits per heavy atom. The van der Waals surface area contributed by atoms with Gasteiger partial charge in [0.1, 0.15) is 5.69 Å². The first-order valence-corrected chi connectivity index (χ1v) is 8.33. The Balaban J connectivity index is 2.12. The fraction of sp³-hybridized carbons (Fsp3) is 0.